The summed E-state index contributed by atoms with van der Waals surface area (Å²) in [6, 6.07) is 5.65. The van der Waals surface area contributed by atoms with Crippen LogP contribution in [0.4, 0.5) is 18.0 Å². The quantitative estimate of drug-likeness (QED) is 0.601. The molecule has 0 radical (unpaired) electrons. The molecule has 6 nitrogen and oxygen atoms in total. The maximum absolute atomic E-state index is 13.3. The molecule has 0 saturated carbocycles. The maximum Gasteiger partial charge on any atom is 0.416 e. The fourth-order valence-corrected chi connectivity index (χ4v) is 2.93. The highest BCUT2D eigenvalue weighted by Crippen LogP contribution is 2.32. The van der Waals surface area contributed by atoms with Gasteiger partial charge in [0.05, 0.1) is 16.1 Å². The second-order valence-corrected chi connectivity index (χ2v) is 8.46. The van der Waals surface area contributed by atoms with Gasteiger partial charge in [0.1, 0.15) is 11.9 Å². The summed E-state index contributed by atoms with van der Waals surface area (Å²) in [7, 11) is 0. The minimum Gasteiger partial charge on any atom is -0.458 e. The molecule has 2 N–H and O–H groups in total. The first kappa shape index (κ1) is 23.8. The smallest absolute Gasteiger partial charge is 0.416 e. The molecule has 0 aliphatic heterocycles. The van der Waals surface area contributed by atoms with Crippen LogP contribution in [0.1, 0.15) is 42.5 Å². The number of alkyl halides is 3. The summed E-state index contributed by atoms with van der Waals surface area (Å²) < 4.78 is 50.8. The van der Waals surface area contributed by atoms with Crippen LogP contribution in [0.5, 0.6) is 0 Å². The number of furan rings is 1. The highest BCUT2D eigenvalue weighted by molar-refractivity contribution is 9.10. The molecule has 0 fully saturated rings. The number of carbonyl (C=O) groups is 2. The molecule has 1 aromatic heterocycles. The van der Waals surface area contributed by atoms with Crippen molar-refractivity contribution in [3.63, 3.8) is 0 Å². The molecule has 1 heterocycles. The van der Waals surface area contributed by atoms with E-state index in [9.17, 15) is 22.8 Å². The molecule has 1 atom stereocenters. The maximum atomic E-state index is 13.3. The van der Waals surface area contributed by atoms with Gasteiger partial charge in [0.25, 0.3) is 5.91 Å². The van der Waals surface area contributed by atoms with Gasteiger partial charge in [-0.2, -0.15) is 13.2 Å². The van der Waals surface area contributed by atoms with Gasteiger partial charge >= 0.3 is 12.3 Å². The highest BCUT2D eigenvalue weighted by Gasteiger charge is 2.33. The first-order valence-corrected chi connectivity index (χ1v) is 9.81. The number of halogens is 4. The van der Waals surface area contributed by atoms with Crippen LogP contribution in [0.2, 0.25) is 0 Å². The predicted molar refractivity (Wildman–Crippen MR) is 107 cm³/mol. The molecule has 1 aromatic carbocycles. The zero-order valence-corrected chi connectivity index (χ0v) is 18.2. The Balaban J connectivity index is 2.19. The molecule has 0 saturated heterocycles. The van der Waals surface area contributed by atoms with E-state index in [0.29, 0.717) is 4.47 Å². The molecule has 0 unspecified atom stereocenters. The molecule has 0 spiro atoms. The van der Waals surface area contributed by atoms with Crippen LogP contribution >= 0.6 is 15.9 Å². The minimum atomic E-state index is -4.55. The Morgan fingerprint density at radius 1 is 1.20 bits per heavy atom. The SMILES string of the molecule is CC(C)(C)OC(=O)NC[C@H](Cc1ccccc1C(F)(F)F)NC(=O)c1cc(Br)co1. The number of rotatable bonds is 6. The number of benzene rings is 1. The Hall–Kier alpha value is -2.49. The van der Waals surface area contributed by atoms with Gasteiger partial charge in [0.2, 0.25) is 0 Å². The molecule has 10 heteroatoms. The van der Waals surface area contributed by atoms with Gasteiger partial charge < -0.3 is 19.8 Å². The standard InChI is InChI=1S/C20H22BrF3N2O4/c1-19(2,3)30-18(28)25-10-14(26-17(27)16-9-13(21)11-29-16)8-12-6-4-5-7-15(12)20(22,23)24/h4-7,9,11,14H,8,10H2,1-3H3,(H,25,28)(H,26,27)/t14-/m0/s1. The third-order valence-corrected chi connectivity index (χ3v) is 4.22. The largest absolute Gasteiger partial charge is 0.458 e. The number of hydrogen-bond donors (Lipinski definition) is 2. The molecule has 0 bridgehead atoms. The first-order valence-electron chi connectivity index (χ1n) is 9.02. The molecule has 0 aliphatic carbocycles. The van der Waals surface area contributed by atoms with Crippen LogP contribution < -0.4 is 10.6 Å². The van der Waals surface area contributed by atoms with Gasteiger partial charge in [-0.05, 0) is 54.8 Å². The summed E-state index contributed by atoms with van der Waals surface area (Å²) in [6.07, 6.45) is -4.15. The van der Waals surface area contributed by atoms with Gasteiger partial charge in [-0.25, -0.2) is 4.79 Å². The number of nitrogens with one attached hydrogen (secondary N) is 2. The highest BCUT2D eigenvalue weighted by atomic mass is 79.9. The monoisotopic (exact) mass is 490 g/mol. The number of ether oxygens (including phenoxy) is 1. The summed E-state index contributed by atoms with van der Waals surface area (Å²) in [5.41, 5.74) is -1.56. The van der Waals surface area contributed by atoms with E-state index < -0.39 is 35.4 Å². The molecule has 0 aliphatic rings. The summed E-state index contributed by atoms with van der Waals surface area (Å²) in [6.45, 7) is 4.90. The van der Waals surface area contributed by atoms with Crippen LogP contribution in [-0.2, 0) is 17.3 Å². The molecule has 164 valence electrons. The Morgan fingerprint density at radius 3 is 2.43 bits per heavy atom. The average molecular weight is 491 g/mol. The lowest BCUT2D eigenvalue weighted by atomic mass is 9.99. The molecular weight excluding hydrogens is 469 g/mol. The third kappa shape index (κ3) is 7.40. The lowest BCUT2D eigenvalue weighted by molar-refractivity contribution is -0.138. The lowest BCUT2D eigenvalue weighted by Gasteiger charge is -2.23. The van der Waals surface area contributed by atoms with E-state index in [4.69, 9.17) is 9.15 Å². The molecule has 2 rings (SSSR count). The summed E-state index contributed by atoms with van der Waals surface area (Å²) in [5, 5.41) is 5.08. The third-order valence-electron chi connectivity index (χ3n) is 3.81. The Morgan fingerprint density at radius 2 is 1.87 bits per heavy atom. The van der Waals surface area contributed by atoms with E-state index in [1.807, 2.05) is 0 Å². The van der Waals surface area contributed by atoms with Crippen LogP contribution in [0.3, 0.4) is 0 Å². The summed E-state index contributed by atoms with van der Waals surface area (Å²) in [5.74, 6) is -0.644. The van der Waals surface area contributed by atoms with Crippen molar-refractivity contribution in [3.05, 3.63) is 58.0 Å². The van der Waals surface area contributed by atoms with Crippen molar-refractivity contribution in [2.75, 3.05) is 6.54 Å². The van der Waals surface area contributed by atoms with Gasteiger partial charge in [-0.3, -0.25) is 4.79 Å². The van der Waals surface area contributed by atoms with Crippen molar-refractivity contribution < 1.29 is 31.9 Å². The predicted octanol–water partition coefficient (Wildman–Crippen LogP) is 4.93. The van der Waals surface area contributed by atoms with Crippen molar-refractivity contribution in [3.8, 4) is 0 Å². The molecule has 30 heavy (non-hydrogen) atoms. The van der Waals surface area contributed by atoms with Gasteiger partial charge in [0.15, 0.2) is 5.76 Å². The van der Waals surface area contributed by atoms with Crippen LogP contribution in [0.15, 0.2) is 45.5 Å². The van der Waals surface area contributed by atoms with Gasteiger partial charge in [0, 0.05) is 12.6 Å². The Labute approximate surface area is 180 Å². The van der Waals surface area contributed by atoms with E-state index >= 15 is 0 Å². The average Bonchev–Trinajstić information content (AvgIpc) is 3.04. The fraction of sp³-hybridized carbons (Fsp3) is 0.400. The second kappa shape index (κ2) is 9.55. The summed E-state index contributed by atoms with van der Waals surface area (Å²) >= 11 is 3.16. The van der Waals surface area contributed by atoms with E-state index in [0.717, 1.165) is 6.07 Å². The Kier molecular flexibility index (Phi) is 7.57. The van der Waals surface area contributed by atoms with E-state index in [2.05, 4.69) is 26.6 Å². The Bertz CT molecular complexity index is 891. The van der Waals surface area contributed by atoms with Gasteiger partial charge in [-0.1, -0.05) is 18.2 Å². The van der Waals surface area contributed by atoms with Crippen molar-refractivity contribution in [2.45, 2.75) is 45.0 Å². The van der Waals surface area contributed by atoms with E-state index in [1.54, 1.807) is 20.8 Å². The van der Waals surface area contributed by atoms with Gasteiger partial charge in [-0.15, -0.1) is 0 Å². The zero-order valence-electron chi connectivity index (χ0n) is 16.6. The van der Waals surface area contributed by atoms with E-state index in [1.165, 1.54) is 30.5 Å². The number of alkyl carbamates (subject to hydrolysis) is 1. The number of amides is 2. The normalized spacial score (nSPS) is 12.9. The number of carbonyl (C=O) groups excluding carboxylic acids is 2. The zero-order chi connectivity index (χ0) is 22.5. The second-order valence-electron chi connectivity index (χ2n) is 7.54. The van der Waals surface area contributed by atoms with Crippen molar-refractivity contribution in [1.82, 2.24) is 10.6 Å². The molecule has 2 amide bonds. The van der Waals surface area contributed by atoms with Crippen molar-refractivity contribution >= 4 is 27.9 Å². The van der Waals surface area contributed by atoms with Crippen molar-refractivity contribution in [1.29, 1.82) is 0 Å². The van der Waals surface area contributed by atoms with Crippen molar-refractivity contribution in [2.24, 2.45) is 0 Å². The number of hydrogen-bond acceptors (Lipinski definition) is 4. The fourth-order valence-electron chi connectivity index (χ4n) is 2.62. The van der Waals surface area contributed by atoms with Crippen LogP contribution in [0.25, 0.3) is 0 Å². The lowest BCUT2D eigenvalue weighted by Crippen LogP contribution is -2.46. The topological polar surface area (TPSA) is 80.6 Å². The van der Waals surface area contributed by atoms with E-state index in [-0.39, 0.29) is 24.3 Å². The van der Waals surface area contributed by atoms with Crippen LogP contribution in [-0.4, -0.2) is 30.2 Å². The molecular formula is C20H22BrF3N2O4. The minimum absolute atomic E-state index is 0.0121. The van der Waals surface area contributed by atoms with Crippen LogP contribution in [0, 0.1) is 0 Å². The summed E-state index contributed by atoms with van der Waals surface area (Å²) in [4.78, 5) is 24.4. The first-order chi connectivity index (χ1) is 13.8. The molecule has 2 aromatic rings.